The number of nitrogens with zero attached hydrogens (tertiary/aromatic N) is 1. The van der Waals surface area contributed by atoms with E-state index in [4.69, 9.17) is 9.47 Å². The zero-order chi connectivity index (χ0) is 15.4. The standard InChI is InChI=1S/C17H25N3O2.HI/c1-21-13-9-12(10-14(11-13)22-2)7-8-18-17-19-15-5-3-4-6-16(15)20-17;/h9-11,15-16H,3-8H2,1-2H3,(H2,18,19,20);1H/t15-,16-;/m1./s1. The number of methoxy groups -OCH3 is 2. The highest BCUT2D eigenvalue weighted by atomic mass is 127. The molecule has 2 fully saturated rings. The highest BCUT2D eigenvalue weighted by Crippen LogP contribution is 2.23. The van der Waals surface area contributed by atoms with E-state index in [2.05, 4.69) is 15.6 Å². The van der Waals surface area contributed by atoms with Crippen LogP contribution >= 0.6 is 24.0 Å². The molecule has 2 N–H and O–H groups in total. The maximum Gasteiger partial charge on any atom is 0.191 e. The van der Waals surface area contributed by atoms with Crippen LogP contribution in [-0.2, 0) is 6.42 Å². The average Bonchev–Trinajstić information content (AvgIpc) is 2.97. The highest BCUT2D eigenvalue weighted by molar-refractivity contribution is 14.0. The Kier molecular flexibility index (Phi) is 6.80. The Balaban J connectivity index is 0.00000192. The van der Waals surface area contributed by atoms with Crippen LogP contribution in [-0.4, -0.2) is 38.8 Å². The van der Waals surface area contributed by atoms with E-state index >= 15 is 0 Å². The quantitative estimate of drug-likeness (QED) is 0.705. The van der Waals surface area contributed by atoms with Crippen molar-refractivity contribution in [3.05, 3.63) is 23.8 Å². The van der Waals surface area contributed by atoms with Crippen molar-refractivity contribution in [2.24, 2.45) is 4.99 Å². The first-order valence-corrected chi connectivity index (χ1v) is 8.08. The summed E-state index contributed by atoms with van der Waals surface area (Å²) in [5, 5.41) is 7.03. The summed E-state index contributed by atoms with van der Waals surface area (Å²) in [6, 6.07) is 7.12. The van der Waals surface area contributed by atoms with Gasteiger partial charge in [0.25, 0.3) is 0 Å². The number of hydrogen-bond acceptors (Lipinski definition) is 3. The van der Waals surface area contributed by atoms with Crippen molar-refractivity contribution in [3.63, 3.8) is 0 Å². The summed E-state index contributed by atoms with van der Waals surface area (Å²) in [5.41, 5.74) is 1.18. The van der Waals surface area contributed by atoms with E-state index < -0.39 is 0 Å². The number of guanidine groups is 1. The minimum absolute atomic E-state index is 0. The van der Waals surface area contributed by atoms with Gasteiger partial charge in [0.1, 0.15) is 11.5 Å². The number of rotatable bonds is 5. The summed E-state index contributed by atoms with van der Waals surface area (Å²) in [6.45, 7) is 0.755. The normalized spacial score (nSPS) is 22.3. The first-order chi connectivity index (χ1) is 10.8. The van der Waals surface area contributed by atoms with Crippen molar-refractivity contribution in [1.29, 1.82) is 0 Å². The van der Waals surface area contributed by atoms with Crippen molar-refractivity contribution in [2.75, 3.05) is 20.8 Å². The SMILES string of the molecule is COc1cc(CCN=C2N[C@@H]3CCCC[C@H]3N2)cc(OC)c1.I. The molecule has 1 aromatic rings. The molecule has 1 aliphatic heterocycles. The van der Waals surface area contributed by atoms with E-state index in [9.17, 15) is 0 Å². The van der Waals surface area contributed by atoms with E-state index in [1.807, 2.05) is 18.2 Å². The Morgan fingerprint density at radius 2 is 1.57 bits per heavy atom. The van der Waals surface area contributed by atoms with Crippen molar-refractivity contribution in [2.45, 2.75) is 44.2 Å². The molecule has 1 aliphatic carbocycles. The van der Waals surface area contributed by atoms with Gasteiger partial charge in [-0.25, -0.2) is 0 Å². The van der Waals surface area contributed by atoms with Crippen LogP contribution in [0.25, 0.3) is 0 Å². The molecule has 1 aromatic carbocycles. The van der Waals surface area contributed by atoms with Crippen molar-refractivity contribution in [1.82, 2.24) is 10.6 Å². The molecule has 0 amide bonds. The summed E-state index contributed by atoms with van der Waals surface area (Å²) in [7, 11) is 3.35. The average molecular weight is 431 g/mol. The molecule has 1 saturated heterocycles. The molecule has 6 heteroatoms. The lowest BCUT2D eigenvalue weighted by Gasteiger charge is -2.23. The maximum absolute atomic E-state index is 5.30. The number of fused-ring (bicyclic) bond motifs is 1. The Hall–Kier alpha value is -1.18. The highest BCUT2D eigenvalue weighted by Gasteiger charge is 2.31. The molecule has 1 heterocycles. The smallest absolute Gasteiger partial charge is 0.191 e. The van der Waals surface area contributed by atoms with E-state index in [1.54, 1.807) is 14.2 Å². The molecular formula is C17H26IN3O2. The maximum atomic E-state index is 5.30. The first kappa shape index (κ1) is 18.2. The third-order valence-electron chi connectivity index (χ3n) is 4.49. The summed E-state index contributed by atoms with van der Waals surface area (Å²) < 4.78 is 10.6. The number of halogens is 1. The molecule has 2 aliphatic rings. The van der Waals surface area contributed by atoms with Crippen molar-refractivity contribution >= 4 is 29.9 Å². The van der Waals surface area contributed by atoms with Crippen molar-refractivity contribution in [3.8, 4) is 11.5 Å². The number of nitrogens with one attached hydrogen (secondary N) is 2. The lowest BCUT2D eigenvalue weighted by Crippen LogP contribution is -2.36. The minimum Gasteiger partial charge on any atom is -0.497 e. The van der Waals surface area contributed by atoms with Crippen LogP contribution in [0.5, 0.6) is 11.5 Å². The molecule has 128 valence electrons. The van der Waals surface area contributed by atoms with Gasteiger partial charge in [-0.05, 0) is 37.0 Å². The summed E-state index contributed by atoms with van der Waals surface area (Å²) in [5.74, 6) is 2.61. The Morgan fingerprint density at radius 1 is 1.00 bits per heavy atom. The van der Waals surface area contributed by atoms with Gasteiger partial charge in [-0.2, -0.15) is 0 Å². The van der Waals surface area contributed by atoms with Crippen LogP contribution in [0.3, 0.4) is 0 Å². The van der Waals surface area contributed by atoms with Gasteiger partial charge in [-0.3, -0.25) is 4.99 Å². The lowest BCUT2D eigenvalue weighted by atomic mass is 9.92. The fraction of sp³-hybridized carbons (Fsp3) is 0.588. The second kappa shape index (κ2) is 8.61. The fourth-order valence-corrected chi connectivity index (χ4v) is 3.27. The third kappa shape index (κ3) is 4.65. The molecule has 23 heavy (non-hydrogen) atoms. The van der Waals surface area contributed by atoms with Crippen molar-refractivity contribution < 1.29 is 9.47 Å². The minimum atomic E-state index is 0. The Bertz CT molecular complexity index is 512. The zero-order valence-electron chi connectivity index (χ0n) is 13.8. The first-order valence-electron chi connectivity index (χ1n) is 8.08. The van der Waals surface area contributed by atoms with Gasteiger partial charge in [-0.1, -0.05) is 12.8 Å². The zero-order valence-corrected chi connectivity index (χ0v) is 16.1. The number of hydrogen-bond donors (Lipinski definition) is 2. The molecule has 5 nitrogen and oxygen atoms in total. The molecule has 0 aromatic heterocycles. The monoisotopic (exact) mass is 431 g/mol. The molecule has 0 unspecified atom stereocenters. The van der Waals surface area contributed by atoms with Crippen LogP contribution in [0.1, 0.15) is 31.2 Å². The van der Waals surface area contributed by atoms with E-state index in [-0.39, 0.29) is 24.0 Å². The topological polar surface area (TPSA) is 54.9 Å². The van der Waals surface area contributed by atoms with E-state index in [0.717, 1.165) is 30.4 Å². The Morgan fingerprint density at radius 3 is 2.09 bits per heavy atom. The molecule has 1 saturated carbocycles. The van der Waals surface area contributed by atoms with Crippen LogP contribution in [0, 0.1) is 0 Å². The van der Waals surface area contributed by atoms with Gasteiger partial charge in [0.2, 0.25) is 0 Å². The number of ether oxygens (including phenoxy) is 2. The number of aliphatic imine (C=N–C) groups is 1. The molecule has 3 rings (SSSR count). The van der Waals surface area contributed by atoms with Crippen LogP contribution in [0.4, 0.5) is 0 Å². The largest absolute Gasteiger partial charge is 0.497 e. The van der Waals surface area contributed by atoms with Gasteiger partial charge in [-0.15, -0.1) is 24.0 Å². The van der Waals surface area contributed by atoms with Crippen LogP contribution < -0.4 is 20.1 Å². The van der Waals surface area contributed by atoms with Gasteiger partial charge >= 0.3 is 0 Å². The van der Waals surface area contributed by atoms with E-state index in [1.165, 1.54) is 31.2 Å². The Labute approximate surface area is 155 Å². The lowest BCUT2D eigenvalue weighted by molar-refractivity contribution is 0.374. The second-order valence-corrected chi connectivity index (χ2v) is 5.99. The van der Waals surface area contributed by atoms with Gasteiger partial charge < -0.3 is 20.1 Å². The van der Waals surface area contributed by atoms with E-state index in [0.29, 0.717) is 12.1 Å². The summed E-state index contributed by atoms with van der Waals surface area (Å²) in [6.07, 6.45) is 6.03. The molecule has 2 atom stereocenters. The number of benzene rings is 1. The molecule has 0 radical (unpaired) electrons. The summed E-state index contributed by atoms with van der Waals surface area (Å²) >= 11 is 0. The fourth-order valence-electron chi connectivity index (χ4n) is 3.27. The van der Waals surface area contributed by atoms with Gasteiger partial charge in [0, 0.05) is 24.7 Å². The molecule has 0 spiro atoms. The summed E-state index contributed by atoms with van der Waals surface area (Å²) in [4.78, 5) is 4.67. The van der Waals surface area contributed by atoms with Gasteiger partial charge in [0.05, 0.1) is 14.2 Å². The molecule has 0 bridgehead atoms. The van der Waals surface area contributed by atoms with Crippen LogP contribution in [0.15, 0.2) is 23.2 Å². The third-order valence-corrected chi connectivity index (χ3v) is 4.49. The second-order valence-electron chi connectivity index (χ2n) is 5.99. The predicted octanol–water partition coefficient (Wildman–Crippen LogP) is 2.72. The van der Waals surface area contributed by atoms with Gasteiger partial charge in [0.15, 0.2) is 5.96 Å². The van der Waals surface area contributed by atoms with Crippen LogP contribution in [0.2, 0.25) is 0 Å². The molecular weight excluding hydrogens is 405 g/mol. The predicted molar refractivity (Wildman–Crippen MR) is 103 cm³/mol.